The lowest BCUT2D eigenvalue weighted by molar-refractivity contribution is 0.298. The van der Waals surface area contributed by atoms with Crippen LogP contribution < -0.4 is 4.74 Å². The third-order valence-electron chi connectivity index (χ3n) is 2.31. The summed E-state index contributed by atoms with van der Waals surface area (Å²) in [5.74, 6) is 0.752. The second-order valence-corrected chi connectivity index (χ2v) is 4.30. The van der Waals surface area contributed by atoms with Crippen molar-refractivity contribution in [3.05, 3.63) is 34.6 Å². The van der Waals surface area contributed by atoms with Crippen molar-refractivity contribution in [1.82, 2.24) is 15.0 Å². The van der Waals surface area contributed by atoms with Crippen LogP contribution in [0.2, 0.25) is 0 Å². The SMILES string of the molecule is COc1ccc(Br)c(-n2cc(CCO)nn2)c1. The number of halogens is 1. The fourth-order valence-electron chi connectivity index (χ4n) is 1.44. The highest BCUT2D eigenvalue weighted by atomic mass is 79.9. The number of benzene rings is 1. The van der Waals surface area contributed by atoms with E-state index < -0.39 is 0 Å². The Bertz CT molecular complexity index is 513. The van der Waals surface area contributed by atoms with E-state index in [1.54, 1.807) is 18.0 Å². The van der Waals surface area contributed by atoms with E-state index in [1.165, 1.54) is 0 Å². The lowest BCUT2D eigenvalue weighted by Gasteiger charge is -2.06. The highest BCUT2D eigenvalue weighted by Crippen LogP contribution is 2.25. The van der Waals surface area contributed by atoms with Crippen molar-refractivity contribution in [1.29, 1.82) is 0 Å². The highest BCUT2D eigenvalue weighted by molar-refractivity contribution is 9.10. The Balaban J connectivity index is 2.37. The summed E-state index contributed by atoms with van der Waals surface area (Å²) < 4.78 is 7.72. The van der Waals surface area contributed by atoms with Gasteiger partial charge in [-0.2, -0.15) is 0 Å². The van der Waals surface area contributed by atoms with Gasteiger partial charge in [-0.05, 0) is 28.1 Å². The number of aromatic nitrogens is 3. The number of methoxy groups -OCH3 is 1. The zero-order valence-corrected chi connectivity index (χ0v) is 10.9. The average Bonchev–Trinajstić information content (AvgIpc) is 2.79. The van der Waals surface area contributed by atoms with Crippen molar-refractivity contribution in [2.45, 2.75) is 6.42 Å². The maximum Gasteiger partial charge on any atom is 0.121 e. The van der Waals surface area contributed by atoms with Gasteiger partial charge in [0.2, 0.25) is 0 Å². The third-order valence-corrected chi connectivity index (χ3v) is 2.98. The number of aliphatic hydroxyl groups excluding tert-OH is 1. The summed E-state index contributed by atoms with van der Waals surface area (Å²) >= 11 is 3.45. The molecular formula is C11H12BrN3O2. The molecule has 17 heavy (non-hydrogen) atoms. The summed E-state index contributed by atoms with van der Waals surface area (Å²) in [5, 5.41) is 16.8. The smallest absolute Gasteiger partial charge is 0.121 e. The molecule has 0 saturated heterocycles. The van der Waals surface area contributed by atoms with Gasteiger partial charge in [-0.3, -0.25) is 0 Å². The van der Waals surface area contributed by atoms with Crippen LogP contribution in [0.25, 0.3) is 5.69 Å². The Morgan fingerprint density at radius 1 is 1.47 bits per heavy atom. The van der Waals surface area contributed by atoms with Crippen molar-refractivity contribution in [3.63, 3.8) is 0 Å². The van der Waals surface area contributed by atoms with E-state index in [0.717, 1.165) is 21.6 Å². The number of aliphatic hydroxyl groups is 1. The molecule has 0 unspecified atom stereocenters. The van der Waals surface area contributed by atoms with Crippen LogP contribution in [0.15, 0.2) is 28.9 Å². The molecule has 0 amide bonds. The topological polar surface area (TPSA) is 60.2 Å². The minimum Gasteiger partial charge on any atom is -0.497 e. The molecule has 1 heterocycles. The summed E-state index contributed by atoms with van der Waals surface area (Å²) in [6, 6.07) is 5.61. The van der Waals surface area contributed by atoms with E-state index in [1.807, 2.05) is 18.2 Å². The first-order valence-electron chi connectivity index (χ1n) is 5.10. The second-order valence-electron chi connectivity index (χ2n) is 3.45. The molecule has 2 rings (SSSR count). The van der Waals surface area contributed by atoms with Crippen LogP contribution in [-0.2, 0) is 6.42 Å². The number of hydrogen-bond donors (Lipinski definition) is 1. The number of nitrogens with zero attached hydrogens (tertiary/aromatic N) is 3. The van der Waals surface area contributed by atoms with Crippen LogP contribution in [-0.4, -0.2) is 33.8 Å². The number of rotatable bonds is 4. The van der Waals surface area contributed by atoms with Gasteiger partial charge in [-0.1, -0.05) is 5.21 Å². The Morgan fingerprint density at radius 3 is 3.00 bits per heavy atom. The van der Waals surface area contributed by atoms with Gasteiger partial charge in [0.25, 0.3) is 0 Å². The van der Waals surface area contributed by atoms with Gasteiger partial charge in [0.05, 0.1) is 24.7 Å². The van der Waals surface area contributed by atoms with E-state index in [2.05, 4.69) is 26.2 Å². The molecule has 1 aromatic carbocycles. The quantitative estimate of drug-likeness (QED) is 0.931. The first-order chi connectivity index (χ1) is 8.24. The summed E-state index contributed by atoms with van der Waals surface area (Å²) in [5.41, 5.74) is 1.60. The Morgan fingerprint density at radius 2 is 2.29 bits per heavy atom. The lowest BCUT2D eigenvalue weighted by Crippen LogP contribution is -1.97. The first-order valence-corrected chi connectivity index (χ1v) is 5.90. The summed E-state index contributed by atoms with van der Waals surface area (Å²) in [4.78, 5) is 0. The van der Waals surface area contributed by atoms with Crippen LogP contribution >= 0.6 is 15.9 Å². The molecule has 6 heteroatoms. The molecule has 0 radical (unpaired) electrons. The van der Waals surface area contributed by atoms with Crippen molar-refractivity contribution in [2.75, 3.05) is 13.7 Å². The van der Waals surface area contributed by atoms with Crippen LogP contribution in [0.3, 0.4) is 0 Å². The summed E-state index contributed by atoms with van der Waals surface area (Å²) in [6.07, 6.45) is 2.29. The standard InChI is InChI=1S/C11H12BrN3O2/c1-17-9-2-3-10(12)11(6-9)15-7-8(4-5-16)13-14-15/h2-3,6-7,16H,4-5H2,1H3. The summed E-state index contributed by atoms with van der Waals surface area (Å²) in [7, 11) is 1.62. The molecule has 0 fully saturated rings. The Kier molecular flexibility index (Phi) is 3.75. The Labute approximate surface area is 107 Å². The fourth-order valence-corrected chi connectivity index (χ4v) is 1.87. The maximum absolute atomic E-state index is 8.83. The molecule has 2 aromatic rings. The monoisotopic (exact) mass is 297 g/mol. The third kappa shape index (κ3) is 2.65. The van der Waals surface area contributed by atoms with Crippen molar-refractivity contribution in [2.24, 2.45) is 0 Å². The zero-order chi connectivity index (χ0) is 12.3. The Hall–Kier alpha value is -1.40. The molecule has 0 spiro atoms. The minimum absolute atomic E-state index is 0.0674. The van der Waals surface area contributed by atoms with Crippen LogP contribution in [0.5, 0.6) is 5.75 Å². The van der Waals surface area contributed by atoms with Crippen LogP contribution in [0.4, 0.5) is 0 Å². The molecule has 0 aliphatic carbocycles. The van der Waals surface area contributed by atoms with Gasteiger partial charge in [-0.25, -0.2) is 4.68 Å². The predicted molar refractivity (Wildman–Crippen MR) is 66.4 cm³/mol. The first kappa shape index (κ1) is 12.1. The van der Waals surface area contributed by atoms with Gasteiger partial charge in [0.1, 0.15) is 5.75 Å². The zero-order valence-electron chi connectivity index (χ0n) is 9.30. The van der Waals surface area contributed by atoms with Crippen LogP contribution in [0.1, 0.15) is 5.69 Å². The molecule has 5 nitrogen and oxygen atoms in total. The van der Waals surface area contributed by atoms with Crippen molar-refractivity contribution < 1.29 is 9.84 Å². The maximum atomic E-state index is 8.83. The van der Waals surface area contributed by atoms with Gasteiger partial charge in [0.15, 0.2) is 0 Å². The predicted octanol–water partition coefficient (Wildman–Crippen LogP) is 1.57. The minimum atomic E-state index is 0.0674. The van der Waals surface area contributed by atoms with Gasteiger partial charge < -0.3 is 9.84 Å². The van der Waals surface area contributed by atoms with E-state index in [0.29, 0.717) is 6.42 Å². The second kappa shape index (κ2) is 5.29. The molecular weight excluding hydrogens is 286 g/mol. The summed E-state index contributed by atoms with van der Waals surface area (Å²) in [6.45, 7) is 0.0674. The van der Waals surface area contributed by atoms with Gasteiger partial charge in [-0.15, -0.1) is 5.10 Å². The molecule has 0 bridgehead atoms. The molecule has 1 N–H and O–H groups in total. The lowest BCUT2D eigenvalue weighted by atomic mass is 10.3. The highest BCUT2D eigenvalue weighted by Gasteiger charge is 2.07. The van der Waals surface area contributed by atoms with Crippen molar-refractivity contribution in [3.8, 4) is 11.4 Å². The average molecular weight is 298 g/mol. The van der Waals surface area contributed by atoms with Crippen molar-refractivity contribution >= 4 is 15.9 Å². The molecule has 0 aliphatic heterocycles. The molecule has 0 aliphatic rings. The van der Waals surface area contributed by atoms with E-state index in [4.69, 9.17) is 9.84 Å². The van der Waals surface area contributed by atoms with E-state index in [9.17, 15) is 0 Å². The normalized spacial score (nSPS) is 10.5. The largest absolute Gasteiger partial charge is 0.497 e. The molecule has 1 aromatic heterocycles. The fraction of sp³-hybridized carbons (Fsp3) is 0.273. The van der Waals surface area contributed by atoms with Gasteiger partial charge in [0, 0.05) is 23.6 Å². The number of ether oxygens (including phenoxy) is 1. The van der Waals surface area contributed by atoms with Crippen LogP contribution in [0, 0.1) is 0 Å². The molecule has 90 valence electrons. The van der Waals surface area contributed by atoms with E-state index >= 15 is 0 Å². The molecule has 0 saturated carbocycles. The van der Waals surface area contributed by atoms with E-state index in [-0.39, 0.29) is 6.61 Å². The molecule has 0 atom stereocenters. The number of hydrogen-bond acceptors (Lipinski definition) is 4. The van der Waals surface area contributed by atoms with Gasteiger partial charge >= 0.3 is 0 Å².